The maximum atomic E-state index is 12.9. The molecule has 0 saturated carbocycles. The summed E-state index contributed by atoms with van der Waals surface area (Å²) in [7, 11) is 0. The van der Waals surface area contributed by atoms with Gasteiger partial charge in [-0.05, 0) is 38.1 Å². The summed E-state index contributed by atoms with van der Waals surface area (Å²) < 4.78 is 0. The van der Waals surface area contributed by atoms with Crippen LogP contribution in [0.15, 0.2) is 54.2 Å². The van der Waals surface area contributed by atoms with Gasteiger partial charge in [0.05, 0.1) is 17.9 Å². The van der Waals surface area contributed by atoms with Gasteiger partial charge < -0.3 is 4.90 Å². The van der Waals surface area contributed by atoms with Gasteiger partial charge in [0, 0.05) is 23.8 Å². The van der Waals surface area contributed by atoms with Crippen LogP contribution < -0.4 is 0 Å². The maximum absolute atomic E-state index is 12.9. The lowest BCUT2D eigenvalue weighted by Gasteiger charge is -2.25. The Labute approximate surface area is 145 Å². The first-order valence-electron chi connectivity index (χ1n) is 7.73. The Morgan fingerprint density at radius 2 is 1.88 bits per heavy atom. The van der Waals surface area contributed by atoms with Crippen LogP contribution in [0.1, 0.15) is 30.0 Å². The fourth-order valence-electron chi connectivity index (χ4n) is 2.28. The van der Waals surface area contributed by atoms with E-state index in [9.17, 15) is 4.79 Å². The second-order valence-electron chi connectivity index (χ2n) is 5.60. The fourth-order valence-corrected chi connectivity index (χ4v) is 3.05. The highest BCUT2D eigenvalue weighted by Crippen LogP contribution is 2.23. The van der Waals surface area contributed by atoms with Gasteiger partial charge in [0.2, 0.25) is 0 Å². The molecule has 0 aliphatic heterocycles. The number of thiazole rings is 1. The number of rotatable bonds is 5. The van der Waals surface area contributed by atoms with Crippen molar-refractivity contribution in [3.05, 3.63) is 65.6 Å². The number of nitrogens with zero attached hydrogens (tertiary/aromatic N) is 4. The first kappa shape index (κ1) is 16.3. The molecule has 3 aromatic heterocycles. The average Bonchev–Trinajstić information content (AvgIpc) is 3.11. The molecule has 0 unspecified atom stereocenters. The van der Waals surface area contributed by atoms with Gasteiger partial charge >= 0.3 is 0 Å². The molecule has 3 heterocycles. The molecule has 122 valence electrons. The summed E-state index contributed by atoms with van der Waals surface area (Å²) in [5, 5.41) is 2.54. The monoisotopic (exact) mass is 338 g/mol. The van der Waals surface area contributed by atoms with Crippen LogP contribution in [0.4, 0.5) is 0 Å². The Balaban J connectivity index is 1.82. The molecule has 0 aliphatic carbocycles. The molecule has 24 heavy (non-hydrogen) atoms. The zero-order valence-corrected chi connectivity index (χ0v) is 14.4. The summed E-state index contributed by atoms with van der Waals surface area (Å²) in [6.07, 6.45) is 3.46. The van der Waals surface area contributed by atoms with Crippen LogP contribution in [0.5, 0.6) is 0 Å². The quantitative estimate of drug-likeness (QED) is 0.712. The van der Waals surface area contributed by atoms with Crippen molar-refractivity contribution in [1.82, 2.24) is 19.9 Å². The number of hydrogen-bond donors (Lipinski definition) is 0. The predicted molar refractivity (Wildman–Crippen MR) is 94.6 cm³/mol. The van der Waals surface area contributed by atoms with E-state index in [0.717, 1.165) is 16.4 Å². The minimum absolute atomic E-state index is 0.0551. The molecule has 0 atom stereocenters. The minimum Gasteiger partial charge on any atom is -0.329 e. The van der Waals surface area contributed by atoms with Gasteiger partial charge in [-0.1, -0.05) is 12.1 Å². The normalized spacial score (nSPS) is 10.8. The van der Waals surface area contributed by atoms with Crippen molar-refractivity contribution in [2.45, 2.75) is 26.4 Å². The van der Waals surface area contributed by atoms with Crippen molar-refractivity contribution in [3.63, 3.8) is 0 Å². The van der Waals surface area contributed by atoms with E-state index in [1.807, 2.05) is 50.2 Å². The smallest absolute Gasteiger partial charge is 0.273 e. The summed E-state index contributed by atoms with van der Waals surface area (Å²) in [5.74, 6) is -0.0888. The summed E-state index contributed by atoms with van der Waals surface area (Å²) in [6, 6.07) is 11.4. The molecule has 3 aromatic rings. The highest BCUT2D eigenvalue weighted by Gasteiger charge is 2.22. The SMILES string of the molecule is CC(C)N(Cc1ccccn1)C(=O)c1csc(-c2ccccn2)n1. The van der Waals surface area contributed by atoms with Crippen molar-refractivity contribution >= 4 is 17.2 Å². The van der Waals surface area contributed by atoms with Crippen LogP contribution in [-0.2, 0) is 6.54 Å². The summed E-state index contributed by atoms with van der Waals surface area (Å²) in [6.45, 7) is 4.45. The van der Waals surface area contributed by atoms with Crippen LogP contribution in [0.25, 0.3) is 10.7 Å². The third-order valence-electron chi connectivity index (χ3n) is 3.55. The molecule has 0 saturated heterocycles. The molecule has 0 aliphatic rings. The van der Waals surface area contributed by atoms with Gasteiger partial charge in [-0.3, -0.25) is 14.8 Å². The number of carbonyl (C=O) groups is 1. The van der Waals surface area contributed by atoms with Crippen molar-refractivity contribution in [2.75, 3.05) is 0 Å². The second kappa shape index (κ2) is 7.31. The Morgan fingerprint density at radius 1 is 1.12 bits per heavy atom. The Hall–Kier alpha value is -2.60. The highest BCUT2D eigenvalue weighted by molar-refractivity contribution is 7.13. The van der Waals surface area contributed by atoms with Gasteiger partial charge in [0.1, 0.15) is 10.7 Å². The fraction of sp³-hybridized carbons (Fsp3) is 0.222. The van der Waals surface area contributed by atoms with Crippen LogP contribution in [0.2, 0.25) is 0 Å². The van der Waals surface area contributed by atoms with Crippen LogP contribution in [0, 0.1) is 0 Å². The standard InChI is InChI=1S/C18H18N4OS/c1-13(2)22(11-14-7-3-5-9-19-14)18(23)16-12-24-17(21-16)15-8-4-6-10-20-15/h3-10,12-13H,11H2,1-2H3. The Bertz CT molecular complexity index is 802. The first-order valence-corrected chi connectivity index (χ1v) is 8.61. The highest BCUT2D eigenvalue weighted by atomic mass is 32.1. The molecule has 3 rings (SSSR count). The van der Waals surface area contributed by atoms with Crippen molar-refractivity contribution < 1.29 is 4.79 Å². The Kier molecular flexibility index (Phi) is 4.96. The number of amides is 1. The van der Waals surface area contributed by atoms with E-state index in [-0.39, 0.29) is 11.9 Å². The molecule has 0 spiro atoms. The lowest BCUT2D eigenvalue weighted by Crippen LogP contribution is -2.36. The van der Waals surface area contributed by atoms with E-state index in [4.69, 9.17) is 0 Å². The van der Waals surface area contributed by atoms with E-state index >= 15 is 0 Å². The second-order valence-corrected chi connectivity index (χ2v) is 6.46. The summed E-state index contributed by atoms with van der Waals surface area (Å²) >= 11 is 1.43. The van der Waals surface area contributed by atoms with E-state index in [0.29, 0.717) is 12.2 Å². The van der Waals surface area contributed by atoms with Crippen LogP contribution >= 0.6 is 11.3 Å². The molecular formula is C18H18N4OS. The largest absolute Gasteiger partial charge is 0.329 e. The van der Waals surface area contributed by atoms with E-state index in [1.165, 1.54) is 11.3 Å². The average molecular weight is 338 g/mol. The molecular weight excluding hydrogens is 320 g/mol. The molecule has 0 aromatic carbocycles. The topological polar surface area (TPSA) is 59.0 Å². The molecule has 5 nitrogen and oxygen atoms in total. The third-order valence-corrected chi connectivity index (χ3v) is 4.41. The Morgan fingerprint density at radius 3 is 2.50 bits per heavy atom. The summed E-state index contributed by atoms with van der Waals surface area (Å²) in [5.41, 5.74) is 2.09. The zero-order chi connectivity index (χ0) is 16.9. The number of hydrogen-bond acceptors (Lipinski definition) is 5. The van der Waals surface area contributed by atoms with Crippen LogP contribution in [-0.4, -0.2) is 31.8 Å². The van der Waals surface area contributed by atoms with Crippen molar-refractivity contribution in [2.24, 2.45) is 0 Å². The molecule has 6 heteroatoms. The molecule has 0 bridgehead atoms. The van der Waals surface area contributed by atoms with Gasteiger partial charge in [-0.2, -0.15) is 0 Å². The molecule has 0 fully saturated rings. The van der Waals surface area contributed by atoms with Gasteiger partial charge in [0.25, 0.3) is 5.91 Å². The predicted octanol–water partition coefficient (Wildman–Crippen LogP) is 3.65. The summed E-state index contributed by atoms with van der Waals surface area (Å²) in [4.78, 5) is 27.7. The maximum Gasteiger partial charge on any atom is 0.273 e. The van der Waals surface area contributed by atoms with Crippen LogP contribution in [0.3, 0.4) is 0 Å². The number of pyridine rings is 2. The third kappa shape index (κ3) is 3.65. The number of aromatic nitrogens is 3. The first-order chi connectivity index (χ1) is 11.6. The molecule has 1 amide bonds. The molecule has 0 N–H and O–H groups in total. The van der Waals surface area contributed by atoms with E-state index in [1.54, 1.807) is 22.7 Å². The van der Waals surface area contributed by atoms with Crippen molar-refractivity contribution in [3.8, 4) is 10.7 Å². The number of carbonyl (C=O) groups excluding carboxylic acids is 1. The van der Waals surface area contributed by atoms with Gasteiger partial charge in [-0.15, -0.1) is 11.3 Å². The van der Waals surface area contributed by atoms with Gasteiger partial charge in [-0.25, -0.2) is 4.98 Å². The zero-order valence-electron chi connectivity index (χ0n) is 13.6. The minimum atomic E-state index is -0.0888. The van der Waals surface area contributed by atoms with E-state index < -0.39 is 0 Å². The van der Waals surface area contributed by atoms with Crippen molar-refractivity contribution in [1.29, 1.82) is 0 Å². The van der Waals surface area contributed by atoms with Gasteiger partial charge in [0.15, 0.2) is 0 Å². The lowest BCUT2D eigenvalue weighted by molar-refractivity contribution is 0.0682. The lowest BCUT2D eigenvalue weighted by atomic mass is 10.2. The molecule has 0 radical (unpaired) electrons. The van der Waals surface area contributed by atoms with E-state index in [2.05, 4.69) is 15.0 Å².